The maximum atomic E-state index is 5.46. The maximum Gasteiger partial charge on any atom is 0.218 e. The lowest BCUT2D eigenvalue weighted by Crippen LogP contribution is -2.39. The summed E-state index contributed by atoms with van der Waals surface area (Å²) in [5.41, 5.74) is 0. The molecule has 0 rings (SSSR count). The zero-order chi connectivity index (χ0) is 10.1. The van der Waals surface area contributed by atoms with Gasteiger partial charge in [-0.1, -0.05) is 13.8 Å². The normalized spacial score (nSPS) is 13.6. The summed E-state index contributed by atoms with van der Waals surface area (Å²) in [5, 5.41) is 0. The van der Waals surface area contributed by atoms with Crippen LogP contribution >= 0.6 is 0 Å². The minimum absolute atomic E-state index is 0.162. The van der Waals surface area contributed by atoms with Crippen LogP contribution in [-0.4, -0.2) is 38.1 Å². The van der Waals surface area contributed by atoms with Gasteiger partial charge in [-0.3, -0.25) is 4.90 Å². The summed E-state index contributed by atoms with van der Waals surface area (Å²) in [4.78, 5) is 2.23. The van der Waals surface area contributed by atoms with E-state index in [1.54, 1.807) is 7.11 Å². The number of hydrogen-bond acceptors (Lipinski definition) is 3. The highest BCUT2D eigenvalue weighted by molar-refractivity contribution is 4.54. The van der Waals surface area contributed by atoms with Crippen molar-refractivity contribution in [3.8, 4) is 0 Å². The van der Waals surface area contributed by atoms with Crippen molar-refractivity contribution in [2.45, 2.75) is 40.0 Å². The van der Waals surface area contributed by atoms with Crippen molar-refractivity contribution >= 4 is 0 Å². The summed E-state index contributed by atoms with van der Waals surface area (Å²) >= 11 is 0. The molecule has 0 aliphatic heterocycles. The second kappa shape index (κ2) is 8.48. The van der Waals surface area contributed by atoms with Crippen LogP contribution in [0.25, 0.3) is 0 Å². The van der Waals surface area contributed by atoms with Crippen molar-refractivity contribution in [3.63, 3.8) is 0 Å². The van der Waals surface area contributed by atoms with E-state index in [2.05, 4.69) is 18.7 Å². The van der Waals surface area contributed by atoms with E-state index < -0.39 is 0 Å². The summed E-state index contributed by atoms with van der Waals surface area (Å²) in [6, 6.07) is 0. The Bertz CT molecular complexity index is 103. The Labute approximate surface area is 82.0 Å². The molecule has 0 saturated carbocycles. The summed E-state index contributed by atoms with van der Waals surface area (Å²) < 4.78 is 10.7. The number of hydrogen-bond donors (Lipinski definition) is 0. The Hall–Kier alpha value is -0.120. The lowest BCUT2D eigenvalue weighted by Gasteiger charge is -2.29. The van der Waals surface area contributed by atoms with E-state index in [1.165, 1.54) is 0 Å². The number of rotatable bonds is 8. The topological polar surface area (TPSA) is 21.7 Å². The molecule has 0 saturated heterocycles. The van der Waals surface area contributed by atoms with Gasteiger partial charge in [0.1, 0.15) is 0 Å². The molecule has 0 aromatic rings. The molecule has 3 heteroatoms. The minimum Gasteiger partial charge on any atom is -0.343 e. The summed E-state index contributed by atoms with van der Waals surface area (Å²) in [6.45, 7) is 9.09. The zero-order valence-electron chi connectivity index (χ0n) is 9.38. The molecule has 80 valence electrons. The Morgan fingerprint density at radius 1 is 1.08 bits per heavy atom. The van der Waals surface area contributed by atoms with Gasteiger partial charge >= 0.3 is 0 Å². The van der Waals surface area contributed by atoms with Crippen molar-refractivity contribution in [2.24, 2.45) is 0 Å². The first-order valence-corrected chi connectivity index (χ1v) is 5.18. The lowest BCUT2D eigenvalue weighted by molar-refractivity contribution is -0.208. The van der Waals surface area contributed by atoms with Crippen molar-refractivity contribution in [1.82, 2.24) is 4.90 Å². The Balaban J connectivity index is 3.94. The fraction of sp³-hybridized carbons (Fsp3) is 1.00. The molecule has 13 heavy (non-hydrogen) atoms. The zero-order valence-corrected chi connectivity index (χ0v) is 9.38. The quantitative estimate of drug-likeness (QED) is 0.546. The van der Waals surface area contributed by atoms with Crippen LogP contribution in [0.4, 0.5) is 0 Å². The van der Waals surface area contributed by atoms with Crippen LogP contribution in [0.15, 0.2) is 0 Å². The molecule has 0 aromatic heterocycles. The summed E-state index contributed by atoms with van der Waals surface area (Å²) in [5.74, 6) is 0. The van der Waals surface area contributed by atoms with Crippen molar-refractivity contribution in [3.05, 3.63) is 0 Å². The first-order valence-electron chi connectivity index (χ1n) is 5.18. The van der Waals surface area contributed by atoms with E-state index in [1.807, 2.05) is 6.92 Å². The fourth-order valence-electron chi connectivity index (χ4n) is 1.36. The second-order valence-electron chi connectivity index (χ2n) is 3.03. The molecule has 0 aliphatic rings. The van der Waals surface area contributed by atoms with Crippen LogP contribution in [0.2, 0.25) is 0 Å². The average Bonchev–Trinajstić information content (AvgIpc) is 2.14. The first kappa shape index (κ1) is 12.9. The van der Waals surface area contributed by atoms with E-state index in [9.17, 15) is 0 Å². The molecule has 0 bridgehead atoms. The molecule has 0 N–H and O–H groups in total. The lowest BCUT2D eigenvalue weighted by atomic mass is 10.4. The van der Waals surface area contributed by atoms with Gasteiger partial charge in [0.05, 0.1) is 0 Å². The smallest absolute Gasteiger partial charge is 0.218 e. The molecule has 0 radical (unpaired) electrons. The highest BCUT2D eigenvalue weighted by Crippen LogP contribution is 2.04. The van der Waals surface area contributed by atoms with Gasteiger partial charge in [-0.25, -0.2) is 0 Å². The number of ether oxygens (including phenoxy) is 2. The van der Waals surface area contributed by atoms with Gasteiger partial charge in [0, 0.05) is 26.8 Å². The van der Waals surface area contributed by atoms with Gasteiger partial charge < -0.3 is 9.47 Å². The molecule has 0 spiro atoms. The van der Waals surface area contributed by atoms with Gasteiger partial charge in [-0.2, -0.15) is 0 Å². The third-order valence-corrected chi connectivity index (χ3v) is 1.83. The fourth-order valence-corrected chi connectivity index (χ4v) is 1.36. The minimum atomic E-state index is -0.162. The largest absolute Gasteiger partial charge is 0.343 e. The number of methoxy groups -OCH3 is 1. The SMILES string of the molecule is CCCN(CCC)C(OC)OCC. The number of nitrogens with zero attached hydrogens (tertiary/aromatic N) is 1. The molecular formula is C10H23NO2. The third-order valence-electron chi connectivity index (χ3n) is 1.83. The first-order chi connectivity index (χ1) is 6.29. The van der Waals surface area contributed by atoms with Gasteiger partial charge in [0.2, 0.25) is 6.41 Å². The Kier molecular flexibility index (Phi) is 8.40. The maximum absolute atomic E-state index is 5.46. The second-order valence-corrected chi connectivity index (χ2v) is 3.03. The van der Waals surface area contributed by atoms with Crippen LogP contribution in [0.5, 0.6) is 0 Å². The molecule has 0 amide bonds. The highest BCUT2D eigenvalue weighted by atomic mass is 16.7. The third kappa shape index (κ3) is 5.24. The molecule has 3 nitrogen and oxygen atoms in total. The van der Waals surface area contributed by atoms with Gasteiger partial charge in [-0.05, 0) is 19.8 Å². The average molecular weight is 189 g/mol. The van der Waals surface area contributed by atoms with E-state index in [4.69, 9.17) is 9.47 Å². The van der Waals surface area contributed by atoms with Gasteiger partial charge in [-0.15, -0.1) is 0 Å². The van der Waals surface area contributed by atoms with Crippen molar-refractivity contribution < 1.29 is 9.47 Å². The van der Waals surface area contributed by atoms with E-state index >= 15 is 0 Å². The monoisotopic (exact) mass is 189 g/mol. The molecule has 0 fully saturated rings. The van der Waals surface area contributed by atoms with Crippen molar-refractivity contribution in [1.29, 1.82) is 0 Å². The molecular weight excluding hydrogens is 166 g/mol. The molecule has 0 aromatic carbocycles. The summed E-state index contributed by atoms with van der Waals surface area (Å²) in [7, 11) is 1.69. The van der Waals surface area contributed by atoms with Crippen LogP contribution in [0.1, 0.15) is 33.6 Å². The summed E-state index contributed by atoms with van der Waals surface area (Å²) in [6.07, 6.45) is 2.10. The standard InChI is InChI=1S/C10H23NO2/c1-5-8-11(9-6-2)10(12-4)13-7-3/h10H,5-9H2,1-4H3. The van der Waals surface area contributed by atoms with Crippen LogP contribution < -0.4 is 0 Å². The van der Waals surface area contributed by atoms with E-state index in [-0.39, 0.29) is 6.41 Å². The molecule has 1 unspecified atom stereocenters. The predicted molar refractivity (Wildman–Crippen MR) is 54.6 cm³/mol. The Morgan fingerprint density at radius 3 is 1.92 bits per heavy atom. The molecule has 1 atom stereocenters. The van der Waals surface area contributed by atoms with Crippen LogP contribution in [-0.2, 0) is 9.47 Å². The van der Waals surface area contributed by atoms with Crippen molar-refractivity contribution in [2.75, 3.05) is 26.8 Å². The Morgan fingerprint density at radius 2 is 1.62 bits per heavy atom. The van der Waals surface area contributed by atoms with E-state index in [0.717, 1.165) is 25.9 Å². The molecule has 0 heterocycles. The van der Waals surface area contributed by atoms with E-state index in [0.29, 0.717) is 6.61 Å². The molecule has 0 aliphatic carbocycles. The van der Waals surface area contributed by atoms with Gasteiger partial charge in [0.25, 0.3) is 0 Å². The van der Waals surface area contributed by atoms with Crippen LogP contribution in [0, 0.1) is 0 Å². The highest BCUT2D eigenvalue weighted by Gasteiger charge is 2.15. The van der Waals surface area contributed by atoms with Crippen LogP contribution in [0.3, 0.4) is 0 Å². The predicted octanol–water partition coefficient (Wildman–Crippen LogP) is 2.07. The van der Waals surface area contributed by atoms with Gasteiger partial charge in [0.15, 0.2) is 0 Å².